The molecule has 2 nitrogen and oxygen atoms in total. The van der Waals surface area contributed by atoms with Crippen LogP contribution in [0, 0.1) is 0 Å². The molecule has 1 unspecified atom stereocenters. The number of hydrogen-bond acceptors (Lipinski definition) is 2. The van der Waals surface area contributed by atoms with Gasteiger partial charge in [0.1, 0.15) is 5.75 Å². The summed E-state index contributed by atoms with van der Waals surface area (Å²) >= 11 is 0. The van der Waals surface area contributed by atoms with Gasteiger partial charge in [0.25, 0.3) is 0 Å². The monoisotopic (exact) mass is 194 g/mol. The van der Waals surface area contributed by atoms with Crippen LogP contribution >= 0.6 is 0 Å². The Bertz CT molecular complexity index is 250. The van der Waals surface area contributed by atoms with Crippen LogP contribution in [-0.2, 0) is 6.42 Å². The molecule has 0 spiro atoms. The number of aliphatic hydroxyl groups excluding tert-OH is 1. The van der Waals surface area contributed by atoms with Crippen LogP contribution in [0.2, 0.25) is 0 Å². The van der Waals surface area contributed by atoms with Crippen molar-refractivity contribution in [3.63, 3.8) is 0 Å². The molecule has 1 rings (SSSR count). The Morgan fingerprint density at radius 3 is 2.43 bits per heavy atom. The van der Waals surface area contributed by atoms with Gasteiger partial charge >= 0.3 is 0 Å². The van der Waals surface area contributed by atoms with E-state index in [0.717, 1.165) is 11.3 Å². The third-order valence-electron chi connectivity index (χ3n) is 1.85. The topological polar surface area (TPSA) is 29.5 Å². The van der Waals surface area contributed by atoms with Gasteiger partial charge in [-0.3, -0.25) is 0 Å². The number of aliphatic hydroxyl groups is 1. The van der Waals surface area contributed by atoms with E-state index in [1.54, 1.807) is 6.92 Å². The molecule has 0 radical (unpaired) electrons. The van der Waals surface area contributed by atoms with Gasteiger partial charge in [-0.1, -0.05) is 18.2 Å². The predicted molar refractivity (Wildman–Crippen MR) is 57.6 cm³/mol. The minimum Gasteiger partial charge on any atom is -0.491 e. The van der Waals surface area contributed by atoms with Gasteiger partial charge in [0, 0.05) is 6.42 Å². The maximum Gasteiger partial charge on any atom is 0.122 e. The van der Waals surface area contributed by atoms with E-state index in [-0.39, 0.29) is 12.2 Å². The van der Waals surface area contributed by atoms with Crippen LogP contribution in [0.25, 0.3) is 0 Å². The van der Waals surface area contributed by atoms with Crippen molar-refractivity contribution in [3.8, 4) is 5.75 Å². The second-order valence-corrected chi connectivity index (χ2v) is 3.83. The summed E-state index contributed by atoms with van der Waals surface area (Å²) in [6, 6.07) is 7.84. The fourth-order valence-corrected chi connectivity index (χ4v) is 1.36. The molecule has 0 aliphatic carbocycles. The lowest BCUT2D eigenvalue weighted by Crippen LogP contribution is -2.10. The number of para-hydroxylation sites is 1. The van der Waals surface area contributed by atoms with Crippen LogP contribution in [0.3, 0.4) is 0 Å². The van der Waals surface area contributed by atoms with Gasteiger partial charge in [0.2, 0.25) is 0 Å². The molecule has 1 aromatic rings. The van der Waals surface area contributed by atoms with Gasteiger partial charge in [-0.15, -0.1) is 0 Å². The Balaban J connectivity index is 2.80. The normalized spacial score (nSPS) is 12.9. The van der Waals surface area contributed by atoms with E-state index in [0.29, 0.717) is 6.42 Å². The largest absolute Gasteiger partial charge is 0.491 e. The third-order valence-corrected chi connectivity index (χ3v) is 1.85. The highest BCUT2D eigenvalue weighted by Gasteiger charge is 2.06. The lowest BCUT2D eigenvalue weighted by molar-refractivity contribution is 0.190. The van der Waals surface area contributed by atoms with Crippen LogP contribution in [0.5, 0.6) is 5.75 Å². The summed E-state index contributed by atoms with van der Waals surface area (Å²) < 4.78 is 5.64. The number of hydrogen-bond donors (Lipinski definition) is 1. The van der Waals surface area contributed by atoms with Crippen LogP contribution in [0.1, 0.15) is 26.3 Å². The lowest BCUT2D eigenvalue weighted by atomic mass is 10.1. The molecule has 78 valence electrons. The van der Waals surface area contributed by atoms with E-state index in [4.69, 9.17) is 4.74 Å². The Morgan fingerprint density at radius 2 is 1.86 bits per heavy atom. The molecule has 0 saturated heterocycles. The first-order valence-electron chi connectivity index (χ1n) is 5.02. The molecule has 1 aromatic carbocycles. The summed E-state index contributed by atoms with van der Waals surface area (Å²) in [5, 5.41) is 9.31. The first-order valence-corrected chi connectivity index (χ1v) is 5.02. The summed E-state index contributed by atoms with van der Waals surface area (Å²) in [7, 11) is 0. The standard InChI is InChI=1S/C12H18O2/c1-9(2)14-12-7-5-4-6-11(12)8-10(3)13/h4-7,9-10,13H,8H2,1-3H3. The zero-order valence-electron chi connectivity index (χ0n) is 9.03. The van der Waals surface area contributed by atoms with Gasteiger partial charge in [-0.25, -0.2) is 0 Å². The second-order valence-electron chi connectivity index (χ2n) is 3.83. The highest BCUT2D eigenvalue weighted by Crippen LogP contribution is 2.20. The van der Waals surface area contributed by atoms with Gasteiger partial charge < -0.3 is 9.84 Å². The fraction of sp³-hybridized carbons (Fsp3) is 0.500. The first kappa shape index (κ1) is 11.1. The quantitative estimate of drug-likeness (QED) is 0.797. The maximum absolute atomic E-state index is 9.31. The smallest absolute Gasteiger partial charge is 0.122 e. The minimum absolute atomic E-state index is 0.171. The molecule has 2 heteroatoms. The first-order chi connectivity index (χ1) is 6.59. The molecule has 0 aromatic heterocycles. The fourth-order valence-electron chi connectivity index (χ4n) is 1.36. The Labute approximate surface area is 85.5 Å². The molecule has 0 aliphatic heterocycles. The van der Waals surface area contributed by atoms with Crippen molar-refractivity contribution in [1.29, 1.82) is 0 Å². The summed E-state index contributed by atoms with van der Waals surface area (Å²) in [6.45, 7) is 5.78. The summed E-state index contributed by atoms with van der Waals surface area (Å²) in [5.74, 6) is 0.878. The van der Waals surface area contributed by atoms with E-state index in [1.165, 1.54) is 0 Å². The van der Waals surface area contributed by atoms with E-state index in [9.17, 15) is 5.11 Å². The summed E-state index contributed by atoms with van der Waals surface area (Å²) in [4.78, 5) is 0. The van der Waals surface area contributed by atoms with E-state index in [1.807, 2.05) is 38.1 Å². The Hall–Kier alpha value is -1.02. The third kappa shape index (κ3) is 3.38. The van der Waals surface area contributed by atoms with E-state index in [2.05, 4.69) is 0 Å². The zero-order valence-corrected chi connectivity index (χ0v) is 9.03. The van der Waals surface area contributed by atoms with Gasteiger partial charge in [-0.2, -0.15) is 0 Å². The molecule has 0 saturated carbocycles. The number of ether oxygens (including phenoxy) is 1. The highest BCUT2D eigenvalue weighted by molar-refractivity contribution is 5.33. The van der Waals surface area contributed by atoms with Crippen molar-refractivity contribution >= 4 is 0 Å². The van der Waals surface area contributed by atoms with Crippen LogP contribution in [0.15, 0.2) is 24.3 Å². The average molecular weight is 194 g/mol. The Kier molecular flexibility index (Phi) is 3.96. The summed E-state index contributed by atoms with van der Waals surface area (Å²) in [6.07, 6.45) is 0.486. The number of rotatable bonds is 4. The SMILES string of the molecule is CC(O)Cc1ccccc1OC(C)C. The zero-order chi connectivity index (χ0) is 10.6. The van der Waals surface area contributed by atoms with Gasteiger partial charge in [0.05, 0.1) is 12.2 Å². The highest BCUT2D eigenvalue weighted by atomic mass is 16.5. The number of benzene rings is 1. The molecular formula is C12H18O2. The van der Waals surface area contributed by atoms with Gasteiger partial charge in [-0.05, 0) is 32.4 Å². The molecule has 0 amide bonds. The van der Waals surface area contributed by atoms with Crippen LogP contribution in [0.4, 0.5) is 0 Å². The van der Waals surface area contributed by atoms with Gasteiger partial charge in [0.15, 0.2) is 0 Å². The molecule has 1 N–H and O–H groups in total. The van der Waals surface area contributed by atoms with Crippen molar-refractivity contribution in [1.82, 2.24) is 0 Å². The summed E-state index contributed by atoms with van der Waals surface area (Å²) in [5.41, 5.74) is 1.07. The van der Waals surface area contributed by atoms with Crippen LogP contribution < -0.4 is 4.74 Å². The minimum atomic E-state index is -0.327. The molecule has 0 fully saturated rings. The second kappa shape index (κ2) is 5.01. The van der Waals surface area contributed by atoms with Crippen molar-refractivity contribution in [2.45, 2.75) is 39.4 Å². The van der Waals surface area contributed by atoms with Crippen LogP contribution in [-0.4, -0.2) is 17.3 Å². The van der Waals surface area contributed by atoms with E-state index >= 15 is 0 Å². The van der Waals surface area contributed by atoms with E-state index < -0.39 is 0 Å². The molecule has 0 aliphatic rings. The molecule has 0 bridgehead atoms. The molecule has 0 heterocycles. The van der Waals surface area contributed by atoms with Crippen molar-refractivity contribution in [3.05, 3.63) is 29.8 Å². The van der Waals surface area contributed by atoms with Crippen molar-refractivity contribution in [2.75, 3.05) is 0 Å². The van der Waals surface area contributed by atoms with Crippen molar-refractivity contribution < 1.29 is 9.84 Å². The van der Waals surface area contributed by atoms with Crippen molar-refractivity contribution in [2.24, 2.45) is 0 Å². The average Bonchev–Trinajstić information content (AvgIpc) is 2.06. The molecular weight excluding hydrogens is 176 g/mol. The molecule has 14 heavy (non-hydrogen) atoms. The maximum atomic E-state index is 9.31. The lowest BCUT2D eigenvalue weighted by Gasteiger charge is -2.14. The molecule has 1 atom stereocenters. The Morgan fingerprint density at radius 1 is 1.21 bits per heavy atom. The predicted octanol–water partition coefficient (Wildman–Crippen LogP) is 2.40.